The van der Waals surface area contributed by atoms with Gasteiger partial charge in [0.15, 0.2) is 0 Å². The van der Waals surface area contributed by atoms with Crippen molar-refractivity contribution in [3.05, 3.63) is 0 Å². The minimum atomic E-state index is -0.881. The summed E-state index contributed by atoms with van der Waals surface area (Å²) in [5.41, 5.74) is 0. The summed E-state index contributed by atoms with van der Waals surface area (Å²) >= 11 is 7.34. The summed E-state index contributed by atoms with van der Waals surface area (Å²) in [6, 6.07) is -0.279. The number of ether oxygens (including phenoxy) is 1. The number of methoxy groups -OCH3 is 1. The molecule has 1 unspecified atom stereocenters. The third-order valence-electron chi connectivity index (χ3n) is 1.15. The maximum absolute atomic E-state index is 10.6. The van der Waals surface area contributed by atoms with Crippen LogP contribution in [0.5, 0.6) is 0 Å². The molecular formula is C7H15NO4S2. The van der Waals surface area contributed by atoms with E-state index in [0.717, 1.165) is 0 Å². The molecule has 0 radical (unpaired) electrons. The van der Waals surface area contributed by atoms with Gasteiger partial charge in [-0.2, -0.15) is 25.3 Å². The number of carboxylic acids is 1. The molecule has 84 valence electrons. The fraction of sp³-hybridized carbons (Fsp3) is 0.714. The first-order chi connectivity index (χ1) is 6.53. The number of carboxylic acid groups (broad SMARTS) is 1. The predicted molar refractivity (Wildman–Crippen MR) is 60.2 cm³/mol. The smallest absolute Gasteiger partial charge is 0.323 e. The first-order valence-electron chi connectivity index (χ1n) is 3.72. The molecule has 0 aliphatic heterocycles. The number of esters is 1. The number of aliphatic carboxylic acids is 1. The summed E-state index contributed by atoms with van der Waals surface area (Å²) < 4.78 is 4.44. The van der Waals surface area contributed by atoms with Crippen LogP contribution in [0, 0.1) is 0 Å². The minimum Gasteiger partial charge on any atom is -0.481 e. The zero-order valence-electron chi connectivity index (χ0n) is 8.06. The third kappa shape index (κ3) is 9.69. The second kappa shape index (κ2) is 10.7. The highest BCUT2D eigenvalue weighted by atomic mass is 32.1. The van der Waals surface area contributed by atoms with E-state index >= 15 is 0 Å². The van der Waals surface area contributed by atoms with Crippen LogP contribution in [0.2, 0.25) is 0 Å². The molecule has 0 heterocycles. The van der Waals surface area contributed by atoms with E-state index in [1.807, 2.05) is 0 Å². The number of rotatable bonds is 4. The summed E-state index contributed by atoms with van der Waals surface area (Å²) in [6.07, 6.45) is 0. The molecule has 5 nitrogen and oxygen atoms in total. The van der Waals surface area contributed by atoms with E-state index in [9.17, 15) is 9.59 Å². The summed E-state index contributed by atoms with van der Waals surface area (Å²) in [4.78, 5) is 19.9. The Morgan fingerprint density at radius 1 is 1.50 bits per heavy atom. The van der Waals surface area contributed by atoms with Gasteiger partial charge in [-0.15, -0.1) is 0 Å². The van der Waals surface area contributed by atoms with Crippen molar-refractivity contribution in [1.82, 2.24) is 5.32 Å². The molecule has 14 heavy (non-hydrogen) atoms. The molecule has 0 amide bonds. The van der Waals surface area contributed by atoms with Crippen LogP contribution in [0.25, 0.3) is 0 Å². The highest BCUT2D eigenvalue weighted by Gasteiger charge is 2.13. The molecule has 0 aliphatic carbocycles. The molecule has 0 aromatic heterocycles. The maximum Gasteiger partial charge on any atom is 0.323 e. The van der Waals surface area contributed by atoms with Crippen LogP contribution < -0.4 is 5.32 Å². The van der Waals surface area contributed by atoms with Gasteiger partial charge in [-0.05, 0) is 7.05 Å². The van der Waals surface area contributed by atoms with Crippen LogP contribution in [-0.4, -0.2) is 48.8 Å². The first kappa shape index (κ1) is 16.0. The average Bonchev–Trinajstić information content (AvgIpc) is 2.20. The lowest BCUT2D eigenvalue weighted by Gasteiger charge is -2.08. The molecule has 0 aromatic carbocycles. The van der Waals surface area contributed by atoms with Gasteiger partial charge < -0.3 is 15.2 Å². The van der Waals surface area contributed by atoms with Crippen molar-refractivity contribution in [2.75, 3.05) is 25.7 Å². The van der Waals surface area contributed by atoms with Gasteiger partial charge in [-0.25, -0.2) is 0 Å². The average molecular weight is 241 g/mol. The zero-order valence-corrected chi connectivity index (χ0v) is 9.85. The van der Waals surface area contributed by atoms with Gasteiger partial charge in [0.25, 0.3) is 0 Å². The summed E-state index contributed by atoms with van der Waals surface area (Å²) in [6.45, 7) is 0. The van der Waals surface area contributed by atoms with Crippen molar-refractivity contribution in [2.45, 2.75) is 6.04 Å². The maximum atomic E-state index is 10.6. The van der Waals surface area contributed by atoms with Crippen molar-refractivity contribution < 1.29 is 19.4 Å². The number of carbonyl (C=O) groups is 2. The van der Waals surface area contributed by atoms with Gasteiger partial charge in [0, 0.05) is 5.75 Å². The first-order valence-corrected chi connectivity index (χ1v) is 4.98. The molecule has 0 spiro atoms. The Morgan fingerprint density at radius 3 is 2.00 bits per heavy atom. The van der Waals surface area contributed by atoms with Crippen molar-refractivity contribution in [1.29, 1.82) is 0 Å². The Bertz CT molecular complexity index is 173. The number of hydrogen-bond donors (Lipinski definition) is 4. The molecular weight excluding hydrogens is 226 g/mol. The van der Waals surface area contributed by atoms with E-state index in [1.54, 1.807) is 7.05 Å². The fourth-order valence-corrected chi connectivity index (χ4v) is 0.758. The molecule has 0 fully saturated rings. The Labute approximate surface area is 94.0 Å². The second-order valence-electron chi connectivity index (χ2n) is 2.10. The van der Waals surface area contributed by atoms with Crippen LogP contribution in [0.1, 0.15) is 0 Å². The van der Waals surface area contributed by atoms with Crippen LogP contribution in [0.4, 0.5) is 0 Å². The second-order valence-corrected chi connectivity index (χ2v) is 2.78. The molecule has 0 bridgehead atoms. The lowest BCUT2D eigenvalue weighted by atomic mass is 10.3. The van der Waals surface area contributed by atoms with E-state index in [0.29, 0.717) is 5.75 Å². The number of hydrogen-bond acceptors (Lipinski definition) is 6. The van der Waals surface area contributed by atoms with E-state index in [1.165, 1.54) is 7.11 Å². The van der Waals surface area contributed by atoms with Crippen molar-refractivity contribution in [2.24, 2.45) is 0 Å². The molecule has 1 atom stereocenters. The van der Waals surface area contributed by atoms with Crippen molar-refractivity contribution in [3.63, 3.8) is 0 Å². The number of thiol groups is 2. The van der Waals surface area contributed by atoms with Crippen molar-refractivity contribution in [3.8, 4) is 0 Å². The SMILES string of the molecule is CNC(CS)C(=O)OC.O=C(O)CS. The van der Waals surface area contributed by atoms with Gasteiger partial charge >= 0.3 is 11.9 Å². The molecule has 0 aromatic rings. The van der Waals surface area contributed by atoms with Crippen LogP contribution in [0.3, 0.4) is 0 Å². The Hall–Kier alpha value is -0.400. The predicted octanol–water partition coefficient (Wildman–Crippen LogP) is -0.322. The van der Waals surface area contributed by atoms with Gasteiger partial charge in [0.1, 0.15) is 6.04 Å². The lowest BCUT2D eigenvalue weighted by Crippen LogP contribution is -2.36. The van der Waals surface area contributed by atoms with Crippen LogP contribution in [-0.2, 0) is 14.3 Å². The molecule has 0 saturated carbocycles. The van der Waals surface area contributed by atoms with Gasteiger partial charge in [0.2, 0.25) is 0 Å². The van der Waals surface area contributed by atoms with E-state index in [2.05, 4.69) is 35.3 Å². The Balaban J connectivity index is 0. The van der Waals surface area contributed by atoms with Gasteiger partial charge in [-0.1, -0.05) is 0 Å². The molecule has 2 N–H and O–H groups in total. The molecule has 0 saturated heterocycles. The number of likely N-dealkylation sites (N-methyl/N-ethyl adjacent to an activating group) is 1. The summed E-state index contributed by atoms with van der Waals surface area (Å²) in [5.74, 6) is -0.774. The Morgan fingerprint density at radius 2 is 1.93 bits per heavy atom. The van der Waals surface area contributed by atoms with E-state index < -0.39 is 5.97 Å². The normalized spacial score (nSPS) is 10.9. The highest BCUT2D eigenvalue weighted by molar-refractivity contribution is 7.81. The quantitative estimate of drug-likeness (QED) is 0.401. The van der Waals surface area contributed by atoms with Gasteiger partial charge in [0.05, 0.1) is 12.9 Å². The number of nitrogens with one attached hydrogen (secondary N) is 1. The Kier molecular flexibility index (Phi) is 12.2. The standard InChI is InChI=1S/C5H11NO2S.C2H4O2S/c1-6-4(3-9)5(7)8-2;3-2(4)1-5/h4,6,9H,3H2,1-2H3;5H,1H2,(H,3,4). The van der Waals surface area contributed by atoms with Crippen molar-refractivity contribution >= 4 is 37.2 Å². The minimum absolute atomic E-state index is 0.0833. The van der Waals surface area contributed by atoms with Crippen LogP contribution in [0.15, 0.2) is 0 Å². The molecule has 0 aliphatic rings. The lowest BCUT2D eigenvalue weighted by molar-refractivity contribution is -0.142. The van der Waals surface area contributed by atoms with E-state index in [4.69, 9.17) is 5.11 Å². The fourth-order valence-electron chi connectivity index (χ4n) is 0.426. The third-order valence-corrected chi connectivity index (χ3v) is 1.79. The molecule has 0 rings (SSSR count). The zero-order chi connectivity index (χ0) is 11.6. The van der Waals surface area contributed by atoms with Gasteiger partial charge in [-0.3, -0.25) is 9.59 Å². The monoisotopic (exact) mass is 241 g/mol. The van der Waals surface area contributed by atoms with E-state index in [-0.39, 0.29) is 17.8 Å². The summed E-state index contributed by atoms with van der Waals surface area (Å²) in [5, 5.41) is 10.4. The topological polar surface area (TPSA) is 75.6 Å². The molecule has 7 heteroatoms. The largest absolute Gasteiger partial charge is 0.481 e. The number of carbonyl (C=O) groups excluding carboxylic acids is 1. The highest BCUT2D eigenvalue weighted by Crippen LogP contribution is 1.88. The van der Waals surface area contributed by atoms with Crippen LogP contribution >= 0.6 is 25.3 Å². The summed E-state index contributed by atoms with van der Waals surface area (Å²) in [7, 11) is 3.05.